The van der Waals surface area contributed by atoms with Gasteiger partial charge in [0.1, 0.15) is 13.2 Å². The molecule has 0 aromatic carbocycles. The molecule has 0 saturated heterocycles. The van der Waals surface area contributed by atoms with Gasteiger partial charge < -0.3 is 14.2 Å². The topological polar surface area (TPSA) is 78.9 Å². The minimum atomic E-state index is -0.761. The van der Waals surface area contributed by atoms with Crippen molar-refractivity contribution in [1.29, 1.82) is 0 Å². The Morgan fingerprint density at radius 1 is 0.345 bits per heavy atom. The molecule has 0 unspecified atom stereocenters. The van der Waals surface area contributed by atoms with Crippen LogP contribution in [-0.4, -0.2) is 37.2 Å². The van der Waals surface area contributed by atoms with Gasteiger partial charge in [0.15, 0.2) is 6.10 Å². The highest BCUT2D eigenvalue weighted by Gasteiger charge is 2.19. The fourth-order valence-electron chi connectivity index (χ4n) is 7.28. The maximum atomic E-state index is 12.7. The third-order valence-corrected chi connectivity index (χ3v) is 11.0. The van der Waals surface area contributed by atoms with E-state index >= 15 is 0 Å². The first-order valence-corrected chi connectivity index (χ1v) is 24.2. The van der Waals surface area contributed by atoms with Gasteiger partial charge in [-0.1, -0.05) is 227 Å². The summed E-state index contributed by atoms with van der Waals surface area (Å²) in [5.41, 5.74) is 0. The lowest BCUT2D eigenvalue weighted by atomic mass is 10.0. The zero-order valence-electron chi connectivity index (χ0n) is 37.6. The number of rotatable bonds is 43. The van der Waals surface area contributed by atoms with Crippen LogP contribution in [0.1, 0.15) is 266 Å². The highest BCUT2D eigenvalue weighted by Crippen LogP contribution is 2.17. The smallest absolute Gasteiger partial charge is 0.306 e. The summed E-state index contributed by atoms with van der Waals surface area (Å²) in [5, 5.41) is 0. The van der Waals surface area contributed by atoms with Gasteiger partial charge in [0.25, 0.3) is 0 Å². The molecule has 1 atom stereocenters. The standard InChI is InChI=1S/C49H94O6/c1-6-7-8-9-10-11-12-13-14-15-18-24-29-34-39-47(50)53-42-46(55-49(52)41-36-31-26-21-20-23-28-33-38-45(4)5)43-54-48(51)40-35-30-25-19-16-17-22-27-32-37-44(2)3/h44-46H,6-43H2,1-5H3/t46-/m1/s1. The molecule has 0 aliphatic carbocycles. The monoisotopic (exact) mass is 779 g/mol. The van der Waals surface area contributed by atoms with E-state index in [2.05, 4.69) is 34.6 Å². The molecule has 6 nitrogen and oxygen atoms in total. The van der Waals surface area contributed by atoms with Crippen molar-refractivity contribution in [3.8, 4) is 0 Å². The van der Waals surface area contributed by atoms with Crippen LogP contribution < -0.4 is 0 Å². The molecule has 0 bridgehead atoms. The van der Waals surface area contributed by atoms with Crippen LogP contribution in [-0.2, 0) is 28.6 Å². The minimum absolute atomic E-state index is 0.0647. The second-order valence-corrected chi connectivity index (χ2v) is 17.7. The second kappa shape index (κ2) is 42.0. The van der Waals surface area contributed by atoms with E-state index in [1.807, 2.05) is 0 Å². The molecule has 0 rings (SSSR count). The Morgan fingerprint density at radius 2 is 0.600 bits per heavy atom. The van der Waals surface area contributed by atoms with Gasteiger partial charge in [-0.3, -0.25) is 14.4 Å². The van der Waals surface area contributed by atoms with E-state index in [0.29, 0.717) is 19.3 Å². The molecular formula is C49H94O6. The molecule has 0 aliphatic heterocycles. The highest BCUT2D eigenvalue weighted by molar-refractivity contribution is 5.71. The lowest BCUT2D eigenvalue weighted by Gasteiger charge is -2.18. The zero-order chi connectivity index (χ0) is 40.5. The predicted octanol–water partition coefficient (Wildman–Crippen LogP) is 15.4. The molecule has 6 heteroatoms. The summed E-state index contributed by atoms with van der Waals surface area (Å²) >= 11 is 0. The van der Waals surface area contributed by atoms with Crippen LogP contribution in [0.4, 0.5) is 0 Å². The number of unbranched alkanes of at least 4 members (excludes halogenated alkanes) is 28. The van der Waals surface area contributed by atoms with Crippen LogP contribution in [0.2, 0.25) is 0 Å². The molecule has 0 fully saturated rings. The van der Waals surface area contributed by atoms with Crippen molar-refractivity contribution < 1.29 is 28.6 Å². The van der Waals surface area contributed by atoms with Crippen LogP contribution in [0.25, 0.3) is 0 Å². The summed E-state index contributed by atoms with van der Waals surface area (Å²) < 4.78 is 16.8. The van der Waals surface area contributed by atoms with Gasteiger partial charge in [0.05, 0.1) is 0 Å². The van der Waals surface area contributed by atoms with E-state index in [-0.39, 0.29) is 31.1 Å². The summed E-state index contributed by atoms with van der Waals surface area (Å²) in [6.45, 7) is 11.3. The lowest BCUT2D eigenvalue weighted by Crippen LogP contribution is -2.30. The largest absolute Gasteiger partial charge is 0.462 e. The quantitative estimate of drug-likeness (QED) is 0.0348. The number of ether oxygens (including phenoxy) is 3. The van der Waals surface area contributed by atoms with Gasteiger partial charge in [0, 0.05) is 19.3 Å². The molecule has 0 aromatic heterocycles. The summed E-state index contributed by atoms with van der Waals surface area (Å²) in [4.78, 5) is 37.8. The Kier molecular flexibility index (Phi) is 40.8. The zero-order valence-corrected chi connectivity index (χ0v) is 37.6. The van der Waals surface area contributed by atoms with Gasteiger partial charge in [-0.15, -0.1) is 0 Å². The van der Waals surface area contributed by atoms with Crippen LogP contribution >= 0.6 is 0 Å². The first-order chi connectivity index (χ1) is 26.7. The first-order valence-electron chi connectivity index (χ1n) is 24.2. The Bertz CT molecular complexity index is 839. The minimum Gasteiger partial charge on any atom is -0.462 e. The average Bonchev–Trinajstić information content (AvgIpc) is 3.15. The molecular weight excluding hydrogens is 685 g/mol. The Hall–Kier alpha value is -1.59. The van der Waals surface area contributed by atoms with E-state index in [0.717, 1.165) is 69.6 Å². The van der Waals surface area contributed by atoms with E-state index in [1.54, 1.807) is 0 Å². The second-order valence-electron chi connectivity index (χ2n) is 17.7. The van der Waals surface area contributed by atoms with E-state index in [4.69, 9.17) is 14.2 Å². The molecule has 55 heavy (non-hydrogen) atoms. The van der Waals surface area contributed by atoms with Crippen molar-refractivity contribution in [2.75, 3.05) is 13.2 Å². The summed E-state index contributed by atoms with van der Waals surface area (Å²) in [5.74, 6) is 0.746. The Balaban J connectivity index is 4.32. The maximum Gasteiger partial charge on any atom is 0.306 e. The average molecular weight is 779 g/mol. The fraction of sp³-hybridized carbons (Fsp3) is 0.939. The van der Waals surface area contributed by atoms with E-state index in [9.17, 15) is 14.4 Å². The molecule has 0 radical (unpaired) electrons. The van der Waals surface area contributed by atoms with Crippen LogP contribution in [0.5, 0.6) is 0 Å². The van der Waals surface area contributed by atoms with Crippen molar-refractivity contribution in [2.24, 2.45) is 11.8 Å². The number of hydrogen-bond acceptors (Lipinski definition) is 6. The maximum absolute atomic E-state index is 12.7. The molecule has 0 spiro atoms. The lowest BCUT2D eigenvalue weighted by molar-refractivity contribution is -0.167. The number of esters is 3. The van der Waals surface area contributed by atoms with Crippen molar-refractivity contribution in [2.45, 2.75) is 272 Å². The molecule has 0 heterocycles. The SMILES string of the molecule is CCCCCCCCCCCCCCCCC(=O)OC[C@H](COC(=O)CCCCCCCCCCCC(C)C)OC(=O)CCCCCCCCCCC(C)C. The Labute approximate surface area is 342 Å². The first kappa shape index (κ1) is 53.4. The van der Waals surface area contributed by atoms with Gasteiger partial charge in [-0.2, -0.15) is 0 Å². The molecule has 0 saturated carbocycles. The molecule has 0 amide bonds. The van der Waals surface area contributed by atoms with Crippen LogP contribution in [0, 0.1) is 11.8 Å². The fourth-order valence-corrected chi connectivity index (χ4v) is 7.28. The number of carbonyl (C=O) groups excluding carboxylic acids is 3. The van der Waals surface area contributed by atoms with Crippen molar-refractivity contribution in [3.05, 3.63) is 0 Å². The third kappa shape index (κ3) is 43.4. The number of carbonyl (C=O) groups is 3. The predicted molar refractivity (Wildman–Crippen MR) is 233 cm³/mol. The normalized spacial score (nSPS) is 12.1. The molecule has 0 aromatic rings. The van der Waals surface area contributed by atoms with Crippen molar-refractivity contribution >= 4 is 17.9 Å². The summed E-state index contributed by atoms with van der Waals surface area (Å²) in [7, 11) is 0. The van der Waals surface area contributed by atoms with E-state index in [1.165, 1.54) is 154 Å². The number of hydrogen-bond donors (Lipinski definition) is 0. The van der Waals surface area contributed by atoms with E-state index < -0.39 is 6.10 Å². The molecule has 326 valence electrons. The highest BCUT2D eigenvalue weighted by atomic mass is 16.6. The molecule has 0 N–H and O–H groups in total. The molecule has 0 aliphatic rings. The van der Waals surface area contributed by atoms with Crippen LogP contribution in [0.15, 0.2) is 0 Å². The van der Waals surface area contributed by atoms with Gasteiger partial charge in [0.2, 0.25) is 0 Å². The van der Waals surface area contributed by atoms with Crippen LogP contribution in [0.3, 0.4) is 0 Å². The summed E-state index contributed by atoms with van der Waals surface area (Å²) in [6, 6.07) is 0. The van der Waals surface area contributed by atoms with Gasteiger partial charge in [-0.25, -0.2) is 0 Å². The third-order valence-electron chi connectivity index (χ3n) is 11.0. The Morgan fingerprint density at radius 3 is 0.891 bits per heavy atom. The van der Waals surface area contributed by atoms with Gasteiger partial charge >= 0.3 is 17.9 Å². The summed E-state index contributed by atoms with van der Waals surface area (Å²) in [6.07, 6.45) is 40.9. The van der Waals surface area contributed by atoms with Crippen molar-refractivity contribution in [1.82, 2.24) is 0 Å². The van der Waals surface area contributed by atoms with Gasteiger partial charge in [-0.05, 0) is 31.1 Å². The van der Waals surface area contributed by atoms with Crippen molar-refractivity contribution in [3.63, 3.8) is 0 Å².